The van der Waals surface area contributed by atoms with Crippen LogP contribution in [0.1, 0.15) is 44.2 Å². The van der Waals surface area contributed by atoms with Gasteiger partial charge in [-0.25, -0.2) is 0 Å². The van der Waals surface area contributed by atoms with Gasteiger partial charge < -0.3 is 9.08 Å². The highest BCUT2D eigenvalue weighted by Gasteiger charge is 2.25. The first kappa shape index (κ1) is 22.0. The molecule has 0 fully saturated rings. The molecule has 0 saturated heterocycles. The smallest absolute Gasteiger partial charge is 0.306 e. The molecule has 6 heteroatoms. The maximum atomic E-state index is 13.3. The van der Waals surface area contributed by atoms with Crippen LogP contribution in [-0.4, -0.2) is 32.0 Å². The number of rotatable bonds is 9. The largest absolute Gasteiger partial charge is 0.383 e. The Morgan fingerprint density at radius 2 is 1.64 bits per heavy atom. The van der Waals surface area contributed by atoms with Crippen molar-refractivity contribution in [1.82, 2.24) is 4.90 Å². The maximum Gasteiger partial charge on any atom is 0.306 e. The van der Waals surface area contributed by atoms with E-state index in [-0.39, 0.29) is 17.6 Å². The lowest BCUT2D eigenvalue weighted by Gasteiger charge is -2.29. The van der Waals surface area contributed by atoms with Gasteiger partial charge in [-0.05, 0) is 35.6 Å². The number of amides is 1. The van der Waals surface area contributed by atoms with Crippen molar-refractivity contribution in [2.45, 2.75) is 39.7 Å². The van der Waals surface area contributed by atoms with Gasteiger partial charge >= 0.3 is 10.1 Å². The van der Waals surface area contributed by atoms with Crippen LogP contribution in [0.25, 0.3) is 0 Å². The van der Waals surface area contributed by atoms with Gasteiger partial charge in [0.2, 0.25) is 5.91 Å². The normalized spacial score (nSPS) is 12.6. The van der Waals surface area contributed by atoms with E-state index in [1.54, 1.807) is 24.3 Å². The van der Waals surface area contributed by atoms with Crippen LogP contribution >= 0.6 is 0 Å². The fourth-order valence-electron chi connectivity index (χ4n) is 3.18. The summed E-state index contributed by atoms with van der Waals surface area (Å²) < 4.78 is 27.4. The van der Waals surface area contributed by atoms with Crippen LogP contribution in [0, 0.1) is 5.92 Å². The minimum absolute atomic E-state index is 0.110. The summed E-state index contributed by atoms with van der Waals surface area (Å²) in [5.74, 6) is 0.542. The molecular weight excluding hydrogens is 374 g/mol. The predicted molar refractivity (Wildman–Crippen MR) is 112 cm³/mol. The van der Waals surface area contributed by atoms with Crippen LogP contribution in [0.5, 0.6) is 5.75 Å². The first-order chi connectivity index (χ1) is 13.2. The van der Waals surface area contributed by atoms with Gasteiger partial charge in [0.25, 0.3) is 0 Å². The Kier molecular flexibility index (Phi) is 7.63. The van der Waals surface area contributed by atoms with Crippen LogP contribution < -0.4 is 4.18 Å². The lowest BCUT2D eigenvalue weighted by molar-refractivity contribution is -0.134. The lowest BCUT2D eigenvalue weighted by Crippen LogP contribution is -2.37. The zero-order valence-corrected chi connectivity index (χ0v) is 17.8. The summed E-state index contributed by atoms with van der Waals surface area (Å²) >= 11 is 0. The molecule has 0 N–H and O–H groups in total. The van der Waals surface area contributed by atoms with Gasteiger partial charge in [-0.2, -0.15) is 8.42 Å². The standard InChI is InChI=1S/C22H29NO4S/c1-5-21(19-9-7-6-8-10-19)22(24)23(15-17(2)3)16-18-11-13-20(14-12-18)27-28(4,25)26/h6-14,17,21H,5,15-16H2,1-4H3. The monoisotopic (exact) mass is 403 g/mol. The average molecular weight is 404 g/mol. The Hall–Kier alpha value is -2.34. The second kappa shape index (κ2) is 9.73. The lowest BCUT2D eigenvalue weighted by atomic mass is 9.94. The average Bonchev–Trinajstić information content (AvgIpc) is 2.62. The molecule has 2 rings (SSSR count). The third kappa shape index (κ3) is 6.68. The van der Waals surface area contributed by atoms with Crippen molar-refractivity contribution >= 4 is 16.0 Å². The Morgan fingerprint density at radius 1 is 1.04 bits per heavy atom. The molecule has 28 heavy (non-hydrogen) atoms. The van der Waals surface area contributed by atoms with E-state index in [1.165, 1.54) is 0 Å². The SMILES string of the molecule is CCC(C(=O)N(Cc1ccc(OS(C)(=O)=O)cc1)CC(C)C)c1ccccc1. The third-order valence-corrected chi connectivity index (χ3v) is 4.85. The van der Waals surface area contributed by atoms with E-state index in [2.05, 4.69) is 13.8 Å². The fraction of sp³-hybridized carbons (Fsp3) is 0.409. The molecule has 2 aromatic carbocycles. The number of hydrogen-bond donors (Lipinski definition) is 0. The van der Waals surface area contributed by atoms with Gasteiger partial charge in [0.1, 0.15) is 5.75 Å². The van der Waals surface area contributed by atoms with Crippen molar-refractivity contribution < 1.29 is 17.4 Å². The van der Waals surface area contributed by atoms with E-state index in [1.807, 2.05) is 42.2 Å². The van der Waals surface area contributed by atoms with E-state index in [0.29, 0.717) is 19.0 Å². The zero-order chi connectivity index (χ0) is 20.7. The van der Waals surface area contributed by atoms with Crippen molar-refractivity contribution in [3.05, 3.63) is 65.7 Å². The van der Waals surface area contributed by atoms with E-state index in [9.17, 15) is 13.2 Å². The molecule has 1 unspecified atom stereocenters. The topological polar surface area (TPSA) is 63.7 Å². The minimum atomic E-state index is -3.55. The first-order valence-electron chi connectivity index (χ1n) is 9.51. The van der Waals surface area contributed by atoms with Crippen molar-refractivity contribution in [3.8, 4) is 5.75 Å². The van der Waals surface area contributed by atoms with Crippen LogP contribution in [0.15, 0.2) is 54.6 Å². The van der Waals surface area contributed by atoms with Gasteiger partial charge in [0.15, 0.2) is 0 Å². The van der Waals surface area contributed by atoms with Crippen LogP contribution in [-0.2, 0) is 21.5 Å². The van der Waals surface area contributed by atoms with Gasteiger partial charge in [-0.1, -0.05) is 63.2 Å². The molecule has 0 radical (unpaired) electrons. The molecular formula is C22H29NO4S. The van der Waals surface area contributed by atoms with Crippen molar-refractivity contribution in [2.24, 2.45) is 5.92 Å². The summed E-state index contributed by atoms with van der Waals surface area (Å²) in [6.45, 7) is 7.34. The molecule has 1 amide bonds. The molecule has 1 atom stereocenters. The summed E-state index contributed by atoms with van der Waals surface area (Å²) in [4.78, 5) is 15.2. The van der Waals surface area contributed by atoms with E-state index in [4.69, 9.17) is 4.18 Å². The highest BCUT2D eigenvalue weighted by Crippen LogP contribution is 2.24. The molecule has 0 aliphatic rings. The first-order valence-corrected chi connectivity index (χ1v) is 11.3. The van der Waals surface area contributed by atoms with Crippen molar-refractivity contribution in [1.29, 1.82) is 0 Å². The minimum Gasteiger partial charge on any atom is -0.383 e. The van der Waals surface area contributed by atoms with E-state index < -0.39 is 10.1 Å². The second-order valence-electron chi connectivity index (χ2n) is 7.42. The highest BCUT2D eigenvalue weighted by molar-refractivity contribution is 7.86. The number of nitrogens with zero attached hydrogens (tertiary/aromatic N) is 1. The Morgan fingerprint density at radius 3 is 2.14 bits per heavy atom. The Labute approximate surface area is 168 Å². The van der Waals surface area contributed by atoms with Crippen LogP contribution in [0.3, 0.4) is 0 Å². The summed E-state index contributed by atoms with van der Waals surface area (Å²) in [7, 11) is -3.55. The van der Waals surface area contributed by atoms with Gasteiger partial charge in [0, 0.05) is 13.1 Å². The quantitative estimate of drug-likeness (QED) is 0.589. The van der Waals surface area contributed by atoms with E-state index in [0.717, 1.165) is 23.8 Å². The maximum absolute atomic E-state index is 13.3. The van der Waals surface area contributed by atoms with Crippen molar-refractivity contribution in [2.75, 3.05) is 12.8 Å². The van der Waals surface area contributed by atoms with Crippen LogP contribution in [0.2, 0.25) is 0 Å². The number of carbonyl (C=O) groups is 1. The molecule has 0 spiro atoms. The number of hydrogen-bond acceptors (Lipinski definition) is 4. The zero-order valence-electron chi connectivity index (χ0n) is 17.0. The third-order valence-electron chi connectivity index (χ3n) is 4.35. The molecule has 0 saturated carbocycles. The highest BCUT2D eigenvalue weighted by atomic mass is 32.2. The second-order valence-corrected chi connectivity index (χ2v) is 8.99. The summed E-state index contributed by atoms with van der Waals surface area (Å²) in [6.07, 6.45) is 1.75. The van der Waals surface area contributed by atoms with Gasteiger partial charge in [-0.3, -0.25) is 4.79 Å². The van der Waals surface area contributed by atoms with E-state index >= 15 is 0 Å². The van der Waals surface area contributed by atoms with Gasteiger partial charge in [-0.15, -0.1) is 0 Å². The summed E-state index contributed by atoms with van der Waals surface area (Å²) in [6, 6.07) is 16.7. The van der Waals surface area contributed by atoms with Crippen molar-refractivity contribution in [3.63, 3.8) is 0 Å². The Bertz CT molecular complexity index is 861. The number of carbonyl (C=O) groups excluding carboxylic acids is 1. The molecule has 0 heterocycles. The molecule has 2 aromatic rings. The molecule has 152 valence electrons. The Balaban J connectivity index is 2.20. The molecule has 0 aromatic heterocycles. The van der Waals surface area contributed by atoms with Crippen LogP contribution in [0.4, 0.5) is 0 Å². The predicted octanol–water partition coefficient (Wildman–Crippen LogP) is 4.20. The summed E-state index contributed by atoms with van der Waals surface area (Å²) in [5, 5.41) is 0. The molecule has 0 bridgehead atoms. The number of benzene rings is 2. The molecule has 0 aliphatic heterocycles. The van der Waals surface area contributed by atoms with Gasteiger partial charge in [0.05, 0.1) is 12.2 Å². The molecule has 0 aliphatic carbocycles. The summed E-state index contributed by atoms with van der Waals surface area (Å²) in [5.41, 5.74) is 1.96. The fourth-order valence-corrected chi connectivity index (χ4v) is 3.64. The molecule has 5 nitrogen and oxygen atoms in total.